The Labute approximate surface area is 109 Å². The third kappa shape index (κ3) is 2.27. The zero-order valence-electron chi connectivity index (χ0n) is 8.18. The molecule has 1 nitrogen and oxygen atoms in total. The highest BCUT2D eigenvalue weighted by Gasteiger charge is 2.06. The van der Waals surface area contributed by atoms with E-state index >= 15 is 0 Å². The van der Waals surface area contributed by atoms with Gasteiger partial charge in [0.2, 0.25) is 0 Å². The lowest BCUT2D eigenvalue weighted by molar-refractivity contribution is 1.61. The summed E-state index contributed by atoms with van der Waals surface area (Å²) in [7, 11) is 0. The summed E-state index contributed by atoms with van der Waals surface area (Å²) in [6, 6.07) is 10.7. The number of rotatable bonds is 1. The molecule has 0 unspecified atom stereocenters. The van der Waals surface area contributed by atoms with Crippen LogP contribution < -0.4 is 5.73 Å². The monoisotopic (exact) mass is 271 g/mol. The first-order valence-corrected chi connectivity index (χ1v) is 5.72. The van der Waals surface area contributed by atoms with Crippen molar-refractivity contribution in [3.05, 3.63) is 51.5 Å². The average Bonchev–Trinajstić information content (AvgIpc) is 2.26. The smallest absolute Gasteiger partial charge is 0.0598 e. The molecular weight excluding hydrogens is 264 g/mol. The highest BCUT2D eigenvalue weighted by molar-refractivity contribution is 6.42. The maximum atomic E-state index is 5.95. The minimum absolute atomic E-state index is 0.499. The minimum atomic E-state index is 0.499. The molecule has 2 aromatic carbocycles. The second kappa shape index (κ2) is 4.54. The second-order valence-electron chi connectivity index (χ2n) is 3.36. The van der Waals surface area contributed by atoms with Crippen molar-refractivity contribution in [3.63, 3.8) is 0 Å². The van der Waals surface area contributed by atoms with Crippen molar-refractivity contribution in [2.75, 3.05) is 5.73 Å². The van der Waals surface area contributed by atoms with Crippen molar-refractivity contribution in [2.45, 2.75) is 0 Å². The molecule has 0 aliphatic rings. The molecule has 82 valence electrons. The van der Waals surface area contributed by atoms with Gasteiger partial charge in [0.25, 0.3) is 0 Å². The molecule has 0 fully saturated rings. The van der Waals surface area contributed by atoms with Crippen LogP contribution >= 0.6 is 34.8 Å². The quantitative estimate of drug-likeness (QED) is 0.734. The molecule has 2 N–H and O–H groups in total. The summed E-state index contributed by atoms with van der Waals surface area (Å²) in [5.74, 6) is 0. The van der Waals surface area contributed by atoms with Crippen LogP contribution in [0.5, 0.6) is 0 Å². The number of anilines is 1. The summed E-state index contributed by atoms with van der Waals surface area (Å²) in [5.41, 5.74) is 8.28. The van der Waals surface area contributed by atoms with Crippen LogP contribution in [0.15, 0.2) is 36.4 Å². The van der Waals surface area contributed by atoms with Crippen LogP contribution in [0, 0.1) is 0 Å². The Hall–Kier alpha value is -0.890. The van der Waals surface area contributed by atoms with Crippen LogP contribution in [0.1, 0.15) is 0 Å². The fraction of sp³-hybridized carbons (Fsp3) is 0. The van der Waals surface area contributed by atoms with Crippen LogP contribution in [-0.4, -0.2) is 0 Å². The van der Waals surface area contributed by atoms with Gasteiger partial charge in [-0.25, -0.2) is 0 Å². The van der Waals surface area contributed by atoms with E-state index in [1.165, 1.54) is 0 Å². The molecule has 0 aromatic heterocycles. The van der Waals surface area contributed by atoms with Crippen molar-refractivity contribution in [1.82, 2.24) is 0 Å². The van der Waals surface area contributed by atoms with Gasteiger partial charge in [-0.15, -0.1) is 0 Å². The molecule has 0 saturated heterocycles. The maximum Gasteiger partial charge on any atom is 0.0598 e. The molecule has 0 spiro atoms. The first-order valence-electron chi connectivity index (χ1n) is 4.58. The average molecular weight is 273 g/mol. The van der Waals surface area contributed by atoms with Crippen LogP contribution in [0.3, 0.4) is 0 Å². The first-order chi connectivity index (χ1) is 7.58. The van der Waals surface area contributed by atoms with Gasteiger partial charge < -0.3 is 5.73 Å². The van der Waals surface area contributed by atoms with E-state index in [2.05, 4.69) is 0 Å². The van der Waals surface area contributed by atoms with E-state index in [0.29, 0.717) is 20.8 Å². The zero-order valence-corrected chi connectivity index (χ0v) is 10.4. The third-order valence-corrected chi connectivity index (χ3v) is 3.22. The predicted molar refractivity (Wildman–Crippen MR) is 71.3 cm³/mol. The third-order valence-electron chi connectivity index (χ3n) is 2.25. The van der Waals surface area contributed by atoms with Crippen LogP contribution in [0.2, 0.25) is 15.1 Å². The maximum absolute atomic E-state index is 5.95. The molecule has 0 atom stereocenters. The molecular formula is C12H8Cl3N. The Bertz CT molecular complexity index is 538. The fourth-order valence-electron chi connectivity index (χ4n) is 1.44. The highest BCUT2D eigenvalue weighted by Crippen LogP contribution is 2.32. The lowest BCUT2D eigenvalue weighted by Crippen LogP contribution is -1.89. The van der Waals surface area contributed by atoms with Gasteiger partial charge >= 0.3 is 0 Å². The minimum Gasteiger partial charge on any atom is -0.398 e. The van der Waals surface area contributed by atoms with Crippen LogP contribution in [0.4, 0.5) is 5.69 Å². The van der Waals surface area contributed by atoms with Crippen molar-refractivity contribution in [3.8, 4) is 11.1 Å². The van der Waals surface area contributed by atoms with E-state index in [1.807, 2.05) is 6.07 Å². The lowest BCUT2D eigenvalue weighted by atomic mass is 10.0. The van der Waals surface area contributed by atoms with E-state index in [-0.39, 0.29) is 0 Å². The Morgan fingerprint density at radius 1 is 0.812 bits per heavy atom. The molecule has 2 rings (SSSR count). The van der Waals surface area contributed by atoms with Crippen molar-refractivity contribution < 1.29 is 0 Å². The molecule has 2 aromatic rings. The van der Waals surface area contributed by atoms with Crippen LogP contribution in [-0.2, 0) is 0 Å². The number of benzene rings is 2. The van der Waals surface area contributed by atoms with Gasteiger partial charge in [0.15, 0.2) is 0 Å². The molecule has 0 amide bonds. The molecule has 16 heavy (non-hydrogen) atoms. The number of nitrogen functional groups attached to an aromatic ring is 1. The number of hydrogen-bond donors (Lipinski definition) is 1. The van der Waals surface area contributed by atoms with Gasteiger partial charge in [0, 0.05) is 16.3 Å². The Morgan fingerprint density at radius 2 is 1.56 bits per heavy atom. The summed E-state index contributed by atoms with van der Waals surface area (Å²) >= 11 is 17.7. The van der Waals surface area contributed by atoms with Gasteiger partial charge in [-0.2, -0.15) is 0 Å². The van der Waals surface area contributed by atoms with Crippen LogP contribution in [0.25, 0.3) is 11.1 Å². The Kier molecular flexibility index (Phi) is 3.29. The molecule has 0 bridgehead atoms. The number of nitrogens with two attached hydrogens (primary N) is 1. The Morgan fingerprint density at radius 3 is 2.25 bits per heavy atom. The molecule has 0 aliphatic heterocycles. The normalized spacial score (nSPS) is 10.4. The summed E-state index contributed by atoms with van der Waals surface area (Å²) in [5, 5.41) is 1.65. The van der Waals surface area contributed by atoms with Crippen molar-refractivity contribution in [2.24, 2.45) is 0 Å². The highest BCUT2D eigenvalue weighted by atomic mass is 35.5. The summed E-state index contributed by atoms with van der Waals surface area (Å²) in [6.45, 7) is 0. The fourth-order valence-corrected chi connectivity index (χ4v) is 1.91. The topological polar surface area (TPSA) is 26.0 Å². The lowest BCUT2D eigenvalue weighted by Gasteiger charge is -2.07. The molecule has 0 aliphatic carbocycles. The first kappa shape index (κ1) is 11.6. The molecule has 4 heteroatoms. The zero-order chi connectivity index (χ0) is 11.7. The molecule has 0 radical (unpaired) electrons. The van der Waals surface area contributed by atoms with E-state index in [0.717, 1.165) is 11.1 Å². The van der Waals surface area contributed by atoms with Gasteiger partial charge in [0.1, 0.15) is 0 Å². The van der Waals surface area contributed by atoms with Crippen molar-refractivity contribution >= 4 is 40.5 Å². The molecule has 0 heterocycles. The van der Waals surface area contributed by atoms with E-state index in [1.54, 1.807) is 30.3 Å². The van der Waals surface area contributed by atoms with Gasteiger partial charge in [-0.3, -0.25) is 0 Å². The predicted octanol–water partition coefficient (Wildman–Crippen LogP) is 4.90. The number of hydrogen-bond acceptors (Lipinski definition) is 1. The summed E-state index contributed by atoms with van der Waals surface area (Å²) in [6.07, 6.45) is 0. The summed E-state index contributed by atoms with van der Waals surface area (Å²) in [4.78, 5) is 0. The van der Waals surface area contributed by atoms with E-state index < -0.39 is 0 Å². The largest absolute Gasteiger partial charge is 0.398 e. The number of halogens is 3. The summed E-state index contributed by atoms with van der Waals surface area (Å²) < 4.78 is 0. The van der Waals surface area contributed by atoms with Gasteiger partial charge in [0.05, 0.1) is 10.0 Å². The van der Waals surface area contributed by atoms with Gasteiger partial charge in [-0.05, 0) is 35.9 Å². The second-order valence-corrected chi connectivity index (χ2v) is 4.61. The standard InChI is InChI=1S/C12H8Cl3N/c13-8-2-4-12(16)9(6-8)7-1-3-10(14)11(15)5-7/h1-6H,16H2. The van der Waals surface area contributed by atoms with E-state index in [9.17, 15) is 0 Å². The molecule has 0 saturated carbocycles. The Balaban J connectivity index is 2.58. The SMILES string of the molecule is Nc1ccc(Cl)cc1-c1ccc(Cl)c(Cl)c1. The van der Waals surface area contributed by atoms with Crippen molar-refractivity contribution in [1.29, 1.82) is 0 Å². The van der Waals surface area contributed by atoms with E-state index in [4.69, 9.17) is 40.5 Å². The van der Waals surface area contributed by atoms with Gasteiger partial charge in [-0.1, -0.05) is 40.9 Å².